The number of carbonyl (C=O) groups excluding carboxylic acids is 1. The zero-order valence-electron chi connectivity index (χ0n) is 14.7. The predicted molar refractivity (Wildman–Crippen MR) is 106 cm³/mol. The van der Waals surface area contributed by atoms with Gasteiger partial charge in [-0.3, -0.25) is 4.79 Å². The van der Waals surface area contributed by atoms with Crippen LogP contribution in [0.4, 0.5) is 0 Å². The second kappa shape index (κ2) is 8.95. The number of phenolic OH excluding ortho intramolecular Hbond substituents is 1. The third-order valence-electron chi connectivity index (χ3n) is 3.75. The SMILES string of the molecule is C/C(=N\NC(=O)c1ccc(CSc2ncccn2)cc1)c1ccccc1O. The van der Waals surface area contributed by atoms with Gasteiger partial charge in [-0.1, -0.05) is 36.0 Å². The van der Waals surface area contributed by atoms with Crippen LogP contribution in [0.1, 0.15) is 28.4 Å². The normalized spacial score (nSPS) is 11.2. The first-order valence-corrected chi connectivity index (χ1v) is 9.24. The van der Waals surface area contributed by atoms with Crippen LogP contribution in [0.25, 0.3) is 0 Å². The van der Waals surface area contributed by atoms with Crippen LogP contribution in [0.5, 0.6) is 5.75 Å². The molecule has 27 heavy (non-hydrogen) atoms. The van der Waals surface area contributed by atoms with Crippen LogP contribution in [0.2, 0.25) is 0 Å². The van der Waals surface area contributed by atoms with Crippen LogP contribution in [0, 0.1) is 0 Å². The topological polar surface area (TPSA) is 87.5 Å². The van der Waals surface area contributed by atoms with Gasteiger partial charge < -0.3 is 5.11 Å². The number of hydrogen-bond acceptors (Lipinski definition) is 6. The number of amides is 1. The minimum absolute atomic E-state index is 0.122. The second-order valence-electron chi connectivity index (χ2n) is 5.67. The molecular weight excluding hydrogens is 360 g/mol. The zero-order valence-corrected chi connectivity index (χ0v) is 15.5. The molecule has 3 rings (SSSR count). The Morgan fingerprint density at radius 3 is 2.48 bits per heavy atom. The number of aromatic hydroxyl groups is 1. The maximum atomic E-state index is 12.3. The van der Waals surface area contributed by atoms with E-state index in [0.717, 1.165) is 11.3 Å². The Bertz CT molecular complexity index is 944. The summed E-state index contributed by atoms with van der Waals surface area (Å²) in [5, 5.41) is 14.6. The van der Waals surface area contributed by atoms with Gasteiger partial charge in [0, 0.05) is 29.3 Å². The van der Waals surface area contributed by atoms with Crippen molar-refractivity contribution in [2.45, 2.75) is 17.8 Å². The van der Waals surface area contributed by atoms with Crippen LogP contribution in [-0.2, 0) is 5.75 Å². The Hall–Kier alpha value is -3.19. The minimum Gasteiger partial charge on any atom is -0.507 e. The van der Waals surface area contributed by atoms with E-state index in [2.05, 4.69) is 20.5 Å². The molecule has 0 fully saturated rings. The molecule has 1 heterocycles. The molecule has 0 saturated heterocycles. The summed E-state index contributed by atoms with van der Waals surface area (Å²) in [6.45, 7) is 1.72. The molecule has 0 spiro atoms. The van der Waals surface area contributed by atoms with Crippen LogP contribution < -0.4 is 5.43 Å². The largest absolute Gasteiger partial charge is 0.507 e. The summed E-state index contributed by atoms with van der Waals surface area (Å²) >= 11 is 1.53. The van der Waals surface area contributed by atoms with E-state index in [1.54, 1.807) is 61.8 Å². The lowest BCUT2D eigenvalue weighted by Gasteiger charge is -2.06. The van der Waals surface area contributed by atoms with Gasteiger partial charge in [0.25, 0.3) is 5.91 Å². The van der Waals surface area contributed by atoms with Gasteiger partial charge in [-0.05, 0) is 42.8 Å². The van der Waals surface area contributed by atoms with E-state index >= 15 is 0 Å². The number of phenols is 1. The zero-order chi connectivity index (χ0) is 19.1. The number of benzene rings is 2. The monoisotopic (exact) mass is 378 g/mol. The van der Waals surface area contributed by atoms with Crippen molar-refractivity contribution in [1.29, 1.82) is 0 Å². The van der Waals surface area contributed by atoms with Gasteiger partial charge >= 0.3 is 0 Å². The molecule has 2 aromatic carbocycles. The molecule has 0 atom stereocenters. The Balaban J connectivity index is 1.59. The Morgan fingerprint density at radius 1 is 1.07 bits per heavy atom. The van der Waals surface area contributed by atoms with Crippen LogP contribution >= 0.6 is 11.8 Å². The molecule has 0 aliphatic carbocycles. The average molecular weight is 378 g/mol. The molecule has 1 aromatic heterocycles. The maximum absolute atomic E-state index is 12.3. The third kappa shape index (κ3) is 5.15. The smallest absolute Gasteiger partial charge is 0.271 e. The predicted octanol–water partition coefficient (Wildman–Crippen LogP) is 3.63. The van der Waals surface area contributed by atoms with Gasteiger partial charge in [0.15, 0.2) is 5.16 Å². The molecule has 0 aliphatic rings. The summed E-state index contributed by atoms with van der Waals surface area (Å²) in [6.07, 6.45) is 3.42. The molecule has 136 valence electrons. The fourth-order valence-electron chi connectivity index (χ4n) is 2.30. The number of nitrogens with one attached hydrogen (secondary N) is 1. The van der Waals surface area contributed by atoms with Gasteiger partial charge in [0.05, 0.1) is 5.71 Å². The first-order chi connectivity index (χ1) is 13.1. The molecule has 7 heteroatoms. The van der Waals surface area contributed by atoms with Crippen molar-refractivity contribution < 1.29 is 9.90 Å². The quantitative estimate of drug-likeness (QED) is 0.296. The van der Waals surface area contributed by atoms with Crippen molar-refractivity contribution >= 4 is 23.4 Å². The number of rotatable bonds is 6. The highest BCUT2D eigenvalue weighted by molar-refractivity contribution is 7.98. The van der Waals surface area contributed by atoms with Crippen molar-refractivity contribution in [2.24, 2.45) is 5.10 Å². The van der Waals surface area contributed by atoms with Gasteiger partial charge in [0.2, 0.25) is 0 Å². The average Bonchev–Trinajstić information content (AvgIpc) is 2.72. The standard InChI is InChI=1S/C20H18N4O2S/c1-14(17-5-2-3-6-18(17)25)23-24-19(26)16-9-7-15(8-10-16)13-27-20-21-11-4-12-22-20/h2-12,25H,13H2,1H3,(H,24,26)/b23-14+. The fourth-order valence-corrected chi connectivity index (χ4v) is 3.06. The lowest BCUT2D eigenvalue weighted by atomic mass is 10.1. The lowest BCUT2D eigenvalue weighted by Crippen LogP contribution is -2.19. The highest BCUT2D eigenvalue weighted by atomic mass is 32.2. The van der Waals surface area contributed by atoms with E-state index < -0.39 is 0 Å². The highest BCUT2D eigenvalue weighted by Crippen LogP contribution is 2.19. The first kappa shape index (κ1) is 18.6. The summed E-state index contributed by atoms with van der Waals surface area (Å²) in [5.74, 6) is 0.531. The molecule has 1 amide bonds. The summed E-state index contributed by atoms with van der Waals surface area (Å²) in [4.78, 5) is 20.6. The maximum Gasteiger partial charge on any atom is 0.271 e. The van der Waals surface area contributed by atoms with E-state index in [0.29, 0.717) is 22.0 Å². The van der Waals surface area contributed by atoms with Crippen LogP contribution in [-0.4, -0.2) is 26.7 Å². The summed E-state index contributed by atoms with van der Waals surface area (Å²) in [6, 6.07) is 15.9. The summed E-state index contributed by atoms with van der Waals surface area (Å²) < 4.78 is 0. The van der Waals surface area contributed by atoms with Crippen molar-refractivity contribution in [2.75, 3.05) is 0 Å². The molecule has 0 radical (unpaired) electrons. The number of para-hydroxylation sites is 1. The van der Waals surface area contributed by atoms with Crippen molar-refractivity contribution in [3.05, 3.63) is 83.7 Å². The summed E-state index contributed by atoms with van der Waals surface area (Å²) in [5.41, 5.74) is 5.19. The van der Waals surface area contributed by atoms with Gasteiger partial charge in [-0.15, -0.1) is 0 Å². The van der Waals surface area contributed by atoms with Gasteiger partial charge in [0.1, 0.15) is 5.75 Å². The summed E-state index contributed by atoms with van der Waals surface area (Å²) in [7, 11) is 0. The van der Waals surface area contributed by atoms with Gasteiger partial charge in [-0.25, -0.2) is 15.4 Å². The van der Waals surface area contributed by atoms with Crippen molar-refractivity contribution in [3.63, 3.8) is 0 Å². The molecule has 2 N–H and O–H groups in total. The van der Waals surface area contributed by atoms with Crippen LogP contribution in [0.15, 0.2) is 77.2 Å². The minimum atomic E-state index is -0.310. The van der Waals surface area contributed by atoms with Crippen LogP contribution in [0.3, 0.4) is 0 Å². The fraction of sp³-hybridized carbons (Fsp3) is 0.100. The number of aromatic nitrogens is 2. The van der Waals surface area contributed by atoms with E-state index in [1.807, 2.05) is 12.1 Å². The van der Waals surface area contributed by atoms with Crippen molar-refractivity contribution in [1.82, 2.24) is 15.4 Å². The van der Waals surface area contributed by atoms with Crippen molar-refractivity contribution in [3.8, 4) is 5.75 Å². The molecule has 0 saturated carbocycles. The molecule has 0 unspecified atom stereocenters. The van der Waals surface area contributed by atoms with E-state index in [1.165, 1.54) is 11.8 Å². The lowest BCUT2D eigenvalue weighted by molar-refractivity contribution is 0.0955. The number of thioether (sulfide) groups is 1. The number of nitrogens with zero attached hydrogens (tertiary/aromatic N) is 3. The number of hydrazone groups is 1. The molecular formula is C20H18N4O2S. The molecule has 3 aromatic rings. The molecule has 6 nitrogen and oxygen atoms in total. The van der Waals surface area contributed by atoms with E-state index in [9.17, 15) is 9.90 Å². The Labute approximate surface area is 161 Å². The molecule has 0 aliphatic heterocycles. The van der Waals surface area contributed by atoms with E-state index in [4.69, 9.17) is 0 Å². The molecule has 0 bridgehead atoms. The van der Waals surface area contributed by atoms with E-state index in [-0.39, 0.29) is 11.7 Å². The number of carbonyl (C=O) groups is 1. The highest BCUT2D eigenvalue weighted by Gasteiger charge is 2.07. The Kier molecular flexibility index (Phi) is 6.17. The second-order valence-corrected chi connectivity index (χ2v) is 6.61. The third-order valence-corrected chi connectivity index (χ3v) is 4.69. The van der Waals surface area contributed by atoms with Gasteiger partial charge in [-0.2, -0.15) is 5.10 Å². The first-order valence-electron chi connectivity index (χ1n) is 8.25. The Morgan fingerprint density at radius 2 is 1.78 bits per heavy atom. The number of hydrogen-bond donors (Lipinski definition) is 2.